The Labute approximate surface area is 138 Å². The van der Waals surface area contributed by atoms with E-state index in [4.69, 9.17) is 10.4 Å². The van der Waals surface area contributed by atoms with Gasteiger partial charge in [-0.25, -0.2) is 9.59 Å². The van der Waals surface area contributed by atoms with Gasteiger partial charge in [0.2, 0.25) is 0 Å². The third kappa shape index (κ3) is 4.58. The van der Waals surface area contributed by atoms with Gasteiger partial charge in [0, 0.05) is 18.3 Å². The quantitative estimate of drug-likeness (QED) is 0.750. The number of anilines is 1. The number of benzene rings is 1. The number of aryl methyl sites for hydroxylation is 2. The number of aromatic nitrogens is 2. The SMILES string of the molecule is Cc1cc(NC(=O)NCc2ccc(C(=O)O)cc2)nn1CCC#N. The number of nitrogens with zero attached hydrogens (tertiary/aromatic N) is 3. The van der Waals surface area contributed by atoms with Crippen molar-refractivity contribution < 1.29 is 14.7 Å². The van der Waals surface area contributed by atoms with Crippen molar-refractivity contribution >= 4 is 17.8 Å². The molecule has 0 radical (unpaired) electrons. The van der Waals surface area contributed by atoms with Crippen LogP contribution in [-0.4, -0.2) is 26.9 Å². The number of amides is 2. The lowest BCUT2D eigenvalue weighted by Gasteiger charge is -2.06. The Hall–Kier alpha value is -3.34. The molecule has 0 aliphatic carbocycles. The topological polar surface area (TPSA) is 120 Å². The van der Waals surface area contributed by atoms with E-state index in [1.807, 2.05) is 13.0 Å². The lowest BCUT2D eigenvalue weighted by atomic mass is 10.1. The first-order chi connectivity index (χ1) is 11.5. The van der Waals surface area contributed by atoms with Crippen molar-refractivity contribution in [2.75, 3.05) is 5.32 Å². The van der Waals surface area contributed by atoms with Crippen LogP contribution in [0.1, 0.15) is 28.0 Å². The zero-order valence-corrected chi connectivity index (χ0v) is 13.1. The van der Waals surface area contributed by atoms with Gasteiger partial charge in [-0.05, 0) is 24.6 Å². The van der Waals surface area contributed by atoms with Crippen molar-refractivity contribution in [1.29, 1.82) is 5.26 Å². The van der Waals surface area contributed by atoms with E-state index in [1.54, 1.807) is 22.9 Å². The number of nitrogens with one attached hydrogen (secondary N) is 2. The number of carboxylic acid groups (broad SMARTS) is 1. The molecule has 3 N–H and O–H groups in total. The third-order valence-electron chi connectivity index (χ3n) is 3.31. The first kappa shape index (κ1) is 17.0. The molecule has 0 bridgehead atoms. The van der Waals surface area contributed by atoms with Gasteiger partial charge in [-0.3, -0.25) is 10.00 Å². The summed E-state index contributed by atoms with van der Waals surface area (Å²) in [6.45, 7) is 2.58. The van der Waals surface area contributed by atoms with E-state index in [-0.39, 0.29) is 12.1 Å². The van der Waals surface area contributed by atoms with E-state index in [0.29, 0.717) is 18.8 Å². The molecule has 0 unspecified atom stereocenters. The number of aromatic carboxylic acids is 1. The minimum atomic E-state index is -0.991. The lowest BCUT2D eigenvalue weighted by Crippen LogP contribution is -2.28. The molecule has 0 atom stereocenters. The number of urea groups is 1. The maximum atomic E-state index is 11.9. The summed E-state index contributed by atoms with van der Waals surface area (Å²) in [6, 6.07) is 9.61. The van der Waals surface area contributed by atoms with Gasteiger partial charge in [-0.15, -0.1) is 0 Å². The molecule has 2 aromatic rings. The van der Waals surface area contributed by atoms with E-state index < -0.39 is 12.0 Å². The summed E-state index contributed by atoms with van der Waals surface area (Å²) in [4.78, 5) is 22.6. The van der Waals surface area contributed by atoms with Gasteiger partial charge in [0.05, 0.1) is 24.6 Å². The summed E-state index contributed by atoms with van der Waals surface area (Å²) in [5.74, 6) is -0.584. The summed E-state index contributed by atoms with van der Waals surface area (Å²) < 4.78 is 1.66. The second-order valence-electron chi connectivity index (χ2n) is 5.11. The number of carboxylic acids is 1. The molecule has 1 aromatic carbocycles. The normalized spacial score (nSPS) is 10.0. The van der Waals surface area contributed by atoms with Crippen LogP contribution in [0.2, 0.25) is 0 Å². The summed E-state index contributed by atoms with van der Waals surface area (Å²) in [5, 5.41) is 26.9. The molecule has 2 amide bonds. The Morgan fingerprint density at radius 2 is 2.04 bits per heavy atom. The molecule has 24 heavy (non-hydrogen) atoms. The molecule has 8 heteroatoms. The molecule has 1 aromatic heterocycles. The lowest BCUT2D eigenvalue weighted by molar-refractivity contribution is 0.0697. The average Bonchev–Trinajstić information content (AvgIpc) is 2.90. The van der Waals surface area contributed by atoms with Gasteiger partial charge in [0.15, 0.2) is 5.82 Å². The highest BCUT2D eigenvalue weighted by Gasteiger charge is 2.08. The van der Waals surface area contributed by atoms with Gasteiger partial charge < -0.3 is 10.4 Å². The number of rotatable bonds is 6. The minimum Gasteiger partial charge on any atom is -0.478 e. The van der Waals surface area contributed by atoms with E-state index >= 15 is 0 Å². The zero-order valence-electron chi connectivity index (χ0n) is 13.1. The van der Waals surface area contributed by atoms with Crippen LogP contribution in [0, 0.1) is 18.3 Å². The maximum absolute atomic E-state index is 11.9. The molecular formula is C16H17N5O3. The standard InChI is InChI=1S/C16H17N5O3/c1-11-9-14(20-21(11)8-2-7-17)19-16(24)18-10-12-3-5-13(6-4-12)15(22)23/h3-6,9H,2,8,10H2,1H3,(H,22,23)(H2,18,19,20,24). The van der Waals surface area contributed by atoms with Crippen LogP contribution >= 0.6 is 0 Å². The van der Waals surface area contributed by atoms with E-state index in [2.05, 4.69) is 15.7 Å². The minimum absolute atomic E-state index is 0.196. The Bertz CT molecular complexity index is 774. The Morgan fingerprint density at radius 1 is 1.33 bits per heavy atom. The highest BCUT2D eigenvalue weighted by Crippen LogP contribution is 2.09. The van der Waals surface area contributed by atoms with Crippen molar-refractivity contribution in [3.8, 4) is 6.07 Å². The highest BCUT2D eigenvalue weighted by atomic mass is 16.4. The van der Waals surface area contributed by atoms with Crippen molar-refractivity contribution in [2.24, 2.45) is 0 Å². The molecular weight excluding hydrogens is 310 g/mol. The predicted molar refractivity (Wildman–Crippen MR) is 86.5 cm³/mol. The van der Waals surface area contributed by atoms with Gasteiger partial charge in [-0.1, -0.05) is 12.1 Å². The van der Waals surface area contributed by atoms with E-state index in [9.17, 15) is 9.59 Å². The zero-order chi connectivity index (χ0) is 17.5. The second kappa shape index (κ2) is 7.78. The van der Waals surface area contributed by atoms with Crippen LogP contribution in [0.4, 0.5) is 10.6 Å². The average molecular weight is 327 g/mol. The van der Waals surface area contributed by atoms with E-state index in [0.717, 1.165) is 11.3 Å². The molecule has 124 valence electrons. The van der Waals surface area contributed by atoms with E-state index in [1.165, 1.54) is 12.1 Å². The third-order valence-corrected chi connectivity index (χ3v) is 3.31. The summed E-state index contributed by atoms with van der Waals surface area (Å²) >= 11 is 0. The second-order valence-corrected chi connectivity index (χ2v) is 5.11. The molecule has 8 nitrogen and oxygen atoms in total. The molecule has 0 saturated carbocycles. The molecule has 0 spiro atoms. The summed E-state index contributed by atoms with van der Waals surface area (Å²) in [6.07, 6.45) is 0.348. The molecule has 0 saturated heterocycles. The van der Waals surface area contributed by atoms with Crippen LogP contribution in [0.25, 0.3) is 0 Å². The number of hydrogen-bond donors (Lipinski definition) is 3. The molecule has 1 heterocycles. The van der Waals surface area contributed by atoms with Crippen LogP contribution in [0.5, 0.6) is 0 Å². The van der Waals surface area contributed by atoms with Crippen molar-refractivity contribution in [3.63, 3.8) is 0 Å². The fourth-order valence-electron chi connectivity index (χ4n) is 2.06. The Balaban J connectivity index is 1.87. The van der Waals surface area contributed by atoms with Crippen molar-refractivity contribution in [2.45, 2.75) is 26.4 Å². The largest absolute Gasteiger partial charge is 0.478 e. The number of hydrogen-bond acceptors (Lipinski definition) is 4. The highest BCUT2D eigenvalue weighted by molar-refractivity contribution is 5.88. The van der Waals surface area contributed by atoms with Gasteiger partial charge in [0.1, 0.15) is 0 Å². The number of carbonyl (C=O) groups is 2. The summed E-state index contributed by atoms with van der Waals surface area (Å²) in [5.41, 5.74) is 1.83. The molecule has 0 fully saturated rings. The maximum Gasteiger partial charge on any atom is 0.335 e. The van der Waals surface area contributed by atoms with Crippen LogP contribution in [0.15, 0.2) is 30.3 Å². The van der Waals surface area contributed by atoms with Gasteiger partial charge in [-0.2, -0.15) is 10.4 Å². The fourth-order valence-corrected chi connectivity index (χ4v) is 2.06. The first-order valence-electron chi connectivity index (χ1n) is 7.28. The monoisotopic (exact) mass is 327 g/mol. The molecule has 0 aliphatic rings. The van der Waals surface area contributed by atoms with Crippen LogP contribution in [-0.2, 0) is 13.1 Å². The predicted octanol–water partition coefficient (Wildman–Crippen LogP) is 2.13. The number of carbonyl (C=O) groups excluding carboxylic acids is 1. The first-order valence-corrected chi connectivity index (χ1v) is 7.28. The summed E-state index contributed by atoms with van der Waals surface area (Å²) in [7, 11) is 0. The smallest absolute Gasteiger partial charge is 0.335 e. The van der Waals surface area contributed by atoms with Crippen molar-refractivity contribution in [3.05, 3.63) is 47.2 Å². The molecule has 0 aliphatic heterocycles. The Kier molecular flexibility index (Phi) is 5.52. The Morgan fingerprint density at radius 3 is 2.67 bits per heavy atom. The number of nitriles is 1. The van der Waals surface area contributed by atoms with Gasteiger partial charge in [0.25, 0.3) is 0 Å². The van der Waals surface area contributed by atoms with Gasteiger partial charge >= 0.3 is 12.0 Å². The van der Waals surface area contributed by atoms with Crippen LogP contribution in [0.3, 0.4) is 0 Å². The van der Waals surface area contributed by atoms with Crippen LogP contribution < -0.4 is 10.6 Å². The molecule has 2 rings (SSSR count). The fraction of sp³-hybridized carbons (Fsp3) is 0.250. The van der Waals surface area contributed by atoms with Crippen molar-refractivity contribution in [1.82, 2.24) is 15.1 Å².